The molecule has 0 spiro atoms. The molecule has 100 valence electrons. The highest BCUT2D eigenvalue weighted by molar-refractivity contribution is 5.44. The molecule has 2 aromatic rings. The number of methoxy groups -OCH3 is 1. The number of nitrogens with zero attached hydrogens (tertiary/aromatic N) is 2. The van der Waals surface area contributed by atoms with Crippen LogP contribution < -0.4 is 15.2 Å². The van der Waals surface area contributed by atoms with Crippen LogP contribution in [0.1, 0.15) is 29.7 Å². The van der Waals surface area contributed by atoms with Crippen LogP contribution in [0.2, 0.25) is 0 Å². The van der Waals surface area contributed by atoms with E-state index in [0.717, 1.165) is 29.0 Å². The Morgan fingerprint density at radius 3 is 3.00 bits per heavy atom. The third kappa shape index (κ3) is 2.17. The van der Waals surface area contributed by atoms with Crippen LogP contribution in [-0.4, -0.2) is 16.9 Å². The first-order valence-corrected chi connectivity index (χ1v) is 6.26. The highest BCUT2D eigenvalue weighted by atomic mass is 16.5. The van der Waals surface area contributed by atoms with Gasteiger partial charge in [-0.2, -0.15) is 5.10 Å². The van der Waals surface area contributed by atoms with Crippen molar-refractivity contribution in [1.82, 2.24) is 9.78 Å². The van der Waals surface area contributed by atoms with Gasteiger partial charge in [-0.25, -0.2) is 0 Å². The van der Waals surface area contributed by atoms with E-state index >= 15 is 0 Å². The van der Waals surface area contributed by atoms with E-state index in [1.807, 2.05) is 37.6 Å². The predicted molar refractivity (Wildman–Crippen MR) is 71.1 cm³/mol. The van der Waals surface area contributed by atoms with Gasteiger partial charge in [-0.15, -0.1) is 0 Å². The summed E-state index contributed by atoms with van der Waals surface area (Å²) in [6.45, 7) is 0. The van der Waals surface area contributed by atoms with Crippen molar-refractivity contribution in [2.75, 3.05) is 7.11 Å². The van der Waals surface area contributed by atoms with E-state index < -0.39 is 0 Å². The number of hydrogen-bond acceptors (Lipinski definition) is 4. The van der Waals surface area contributed by atoms with Crippen LogP contribution in [0.3, 0.4) is 0 Å². The minimum Gasteiger partial charge on any atom is -0.497 e. The summed E-state index contributed by atoms with van der Waals surface area (Å²) >= 11 is 0. The molecule has 19 heavy (non-hydrogen) atoms. The minimum absolute atomic E-state index is 0.0374. The van der Waals surface area contributed by atoms with Gasteiger partial charge >= 0.3 is 0 Å². The molecule has 1 aliphatic rings. The van der Waals surface area contributed by atoms with Crippen molar-refractivity contribution in [3.05, 3.63) is 41.7 Å². The van der Waals surface area contributed by atoms with Gasteiger partial charge in [0.15, 0.2) is 0 Å². The van der Waals surface area contributed by atoms with Crippen molar-refractivity contribution < 1.29 is 9.47 Å². The van der Waals surface area contributed by atoms with Crippen molar-refractivity contribution in [2.24, 2.45) is 12.8 Å². The number of aromatic nitrogens is 2. The monoisotopic (exact) mass is 259 g/mol. The minimum atomic E-state index is -0.0518. The number of aryl methyl sites for hydroxylation is 1. The molecule has 1 aliphatic heterocycles. The first kappa shape index (κ1) is 12.0. The molecule has 1 unspecified atom stereocenters. The molecular weight excluding hydrogens is 242 g/mol. The maximum absolute atomic E-state index is 6.24. The van der Waals surface area contributed by atoms with Gasteiger partial charge in [0.05, 0.1) is 13.3 Å². The second-order valence-electron chi connectivity index (χ2n) is 4.80. The van der Waals surface area contributed by atoms with Crippen LogP contribution in [0, 0.1) is 0 Å². The van der Waals surface area contributed by atoms with Crippen LogP contribution in [-0.2, 0) is 7.05 Å². The first-order valence-electron chi connectivity index (χ1n) is 6.26. The zero-order chi connectivity index (χ0) is 13.4. The summed E-state index contributed by atoms with van der Waals surface area (Å²) in [5.74, 6) is 1.63. The Bertz CT molecular complexity index is 594. The molecule has 0 fully saturated rings. The summed E-state index contributed by atoms with van der Waals surface area (Å²) in [6.07, 6.45) is 4.49. The Balaban J connectivity index is 1.92. The lowest BCUT2D eigenvalue weighted by atomic mass is 9.95. The second kappa shape index (κ2) is 4.59. The van der Waals surface area contributed by atoms with E-state index in [1.54, 1.807) is 11.8 Å². The van der Waals surface area contributed by atoms with Gasteiger partial charge in [0.2, 0.25) is 0 Å². The van der Waals surface area contributed by atoms with E-state index in [-0.39, 0.29) is 12.1 Å². The third-order valence-electron chi connectivity index (χ3n) is 3.45. The fraction of sp³-hybridized carbons (Fsp3) is 0.357. The summed E-state index contributed by atoms with van der Waals surface area (Å²) in [7, 11) is 3.54. The quantitative estimate of drug-likeness (QED) is 0.895. The zero-order valence-electron chi connectivity index (χ0n) is 11.0. The van der Waals surface area contributed by atoms with Gasteiger partial charge in [-0.3, -0.25) is 4.68 Å². The summed E-state index contributed by atoms with van der Waals surface area (Å²) in [6, 6.07) is 5.69. The third-order valence-corrected chi connectivity index (χ3v) is 3.45. The van der Waals surface area contributed by atoms with Crippen LogP contribution in [0.15, 0.2) is 30.6 Å². The highest BCUT2D eigenvalue weighted by Crippen LogP contribution is 2.40. The largest absolute Gasteiger partial charge is 0.497 e. The average molecular weight is 259 g/mol. The molecule has 2 N–H and O–H groups in total. The maximum Gasteiger partial charge on any atom is 0.129 e. The van der Waals surface area contributed by atoms with E-state index in [1.165, 1.54) is 0 Å². The van der Waals surface area contributed by atoms with Crippen molar-refractivity contribution in [2.45, 2.75) is 18.6 Å². The van der Waals surface area contributed by atoms with Crippen molar-refractivity contribution in [3.8, 4) is 11.5 Å². The van der Waals surface area contributed by atoms with Crippen LogP contribution >= 0.6 is 0 Å². The van der Waals surface area contributed by atoms with Gasteiger partial charge in [-0.1, -0.05) is 0 Å². The summed E-state index contributed by atoms with van der Waals surface area (Å²) in [5.41, 5.74) is 8.30. The molecule has 2 heterocycles. The second-order valence-corrected chi connectivity index (χ2v) is 4.80. The molecule has 0 amide bonds. The molecule has 1 aromatic heterocycles. The summed E-state index contributed by atoms with van der Waals surface area (Å²) in [4.78, 5) is 0. The summed E-state index contributed by atoms with van der Waals surface area (Å²) in [5, 5.41) is 4.18. The van der Waals surface area contributed by atoms with Crippen molar-refractivity contribution in [1.29, 1.82) is 0 Å². The fourth-order valence-corrected chi connectivity index (χ4v) is 2.42. The van der Waals surface area contributed by atoms with Crippen molar-refractivity contribution >= 4 is 0 Å². The molecule has 0 aliphatic carbocycles. The van der Waals surface area contributed by atoms with Crippen LogP contribution in [0.5, 0.6) is 11.5 Å². The molecule has 2 atom stereocenters. The van der Waals surface area contributed by atoms with Crippen LogP contribution in [0.4, 0.5) is 0 Å². The van der Waals surface area contributed by atoms with E-state index in [0.29, 0.717) is 0 Å². The molecular formula is C14H17N3O2. The molecule has 1 aromatic carbocycles. The fourth-order valence-electron chi connectivity index (χ4n) is 2.42. The predicted octanol–water partition coefficient (Wildman–Crippen LogP) is 1.95. The first-order chi connectivity index (χ1) is 9.17. The summed E-state index contributed by atoms with van der Waals surface area (Å²) < 4.78 is 13.0. The van der Waals surface area contributed by atoms with E-state index in [2.05, 4.69) is 5.10 Å². The van der Waals surface area contributed by atoms with Gasteiger partial charge < -0.3 is 15.2 Å². The molecule has 0 saturated heterocycles. The Kier molecular flexibility index (Phi) is 2.91. The molecule has 5 nitrogen and oxygen atoms in total. The number of hydrogen-bond donors (Lipinski definition) is 1. The van der Waals surface area contributed by atoms with Crippen LogP contribution in [0.25, 0.3) is 0 Å². The topological polar surface area (TPSA) is 62.3 Å². The van der Waals surface area contributed by atoms with Crippen molar-refractivity contribution in [3.63, 3.8) is 0 Å². The number of benzene rings is 1. The lowest BCUT2D eigenvalue weighted by Crippen LogP contribution is -2.24. The molecule has 0 saturated carbocycles. The zero-order valence-corrected chi connectivity index (χ0v) is 11.0. The normalized spacial score (nSPS) is 21.6. The smallest absolute Gasteiger partial charge is 0.129 e. The lowest BCUT2D eigenvalue weighted by molar-refractivity contribution is 0.161. The van der Waals surface area contributed by atoms with Gasteiger partial charge in [-0.05, 0) is 18.2 Å². The van der Waals surface area contributed by atoms with E-state index in [9.17, 15) is 0 Å². The number of ether oxygens (including phenoxy) is 2. The Labute approximate surface area is 111 Å². The van der Waals surface area contributed by atoms with Gasteiger partial charge in [0, 0.05) is 36.8 Å². The standard InChI is InChI=1S/C14H17N3O2/c1-17-8-9(7-16-17)14-6-12(15)11-5-10(18-2)3-4-13(11)19-14/h3-5,7-8,12,14H,6,15H2,1-2H3/t12-,14?/m1/s1. The number of rotatable bonds is 2. The molecule has 5 heteroatoms. The van der Waals surface area contributed by atoms with E-state index in [4.69, 9.17) is 15.2 Å². The molecule has 3 rings (SSSR count). The number of nitrogens with two attached hydrogens (primary N) is 1. The van der Waals surface area contributed by atoms with Gasteiger partial charge in [0.25, 0.3) is 0 Å². The average Bonchev–Trinajstić information content (AvgIpc) is 2.85. The Morgan fingerprint density at radius 1 is 1.47 bits per heavy atom. The number of fused-ring (bicyclic) bond motifs is 1. The Hall–Kier alpha value is -2.01. The molecule has 0 radical (unpaired) electrons. The maximum atomic E-state index is 6.24. The highest BCUT2D eigenvalue weighted by Gasteiger charge is 2.28. The molecule has 0 bridgehead atoms. The Morgan fingerprint density at radius 2 is 2.32 bits per heavy atom. The van der Waals surface area contributed by atoms with Gasteiger partial charge in [0.1, 0.15) is 17.6 Å². The lowest BCUT2D eigenvalue weighted by Gasteiger charge is -2.30. The SMILES string of the molecule is COc1ccc2c(c1)[C@H](N)CC(c1cnn(C)c1)O2.